The van der Waals surface area contributed by atoms with Crippen molar-refractivity contribution >= 4 is 5.97 Å². The molecule has 1 aromatic rings. The first kappa shape index (κ1) is 13.1. The van der Waals surface area contributed by atoms with Gasteiger partial charge in [-0.1, -0.05) is 30.3 Å². The van der Waals surface area contributed by atoms with Crippen LogP contribution in [0.1, 0.15) is 18.5 Å². The fraction of sp³-hybridized carbons (Fsp3) is 0.500. The maximum absolute atomic E-state index is 11.1. The summed E-state index contributed by atoms with van der Waals surface area (Å²) in [5.74, 6) is -1.03. The van der Waals surface area contributed by atoms with Crippen LogP contribution in [-0.2, 0) is 4.79 Å². The van der Waals surface area contributed by atoms with Crippen molar-refractivity contribution in [2.24, 2.45) is 5.92 Å². The fourth-order valence-electron chi connectivity index (χ4n) is 2.40. The van der Waals surface area contributed by atoms with Gasteiger partial charge in [0.25, 0.3) is 0 Å². The Hall–Kier alpha value is -1.39. The molecule has 2 unspecified atom stereocenters. The summed E-state index contributed by atoms with van der Waals surface area (Å²) in [6.45, 7) is 5.05. The molecule has 2 rings (SSSR count). The Morgan fingerprint density at radius 1 is 1.44 bits per heavy atom. The molecule has 0 aromatic heterocycles. The van der Waals surface area contributed by atoms with E-state index in [1.54, 1.807) is 0 Å². The van der Waals surface area contributed by atoms with Crippen LogP contribution in [0.4, 0.5) is 0 Å². The topological polar surface area (TPSA) is 52.6 Å². The van der Waals surface area contributed by atoms with Crippen LogP contribution in [0.5, 0.6) is 0 Å². The van der Waals surface area contributed by atoms with Gasteiger partial charge in [-0.25, -0.2) is 0 Å². The summed E-state index contributed by atoms with van der Waals surface area (Å²) in [4.78, 5) is 13.4. The second kappa shape index (κ2) is 5.98. The van der Waals surface area contributed by atoms with E-state index in [1.807, 2.05) is 18.2 Å². The Morgan fingerprint density at radius 3 is 2.83 bits per heavy atom. The summed E-state index contributed by atoms with van der Waals surface area (Å²) in [5.41, 5.74) is 1.24. The SMILES string of the molecule is CC(c1ccccc1)N1CCNCC(C(=O)O)C1. The average Bonchev–Trinajstić information content (AvgIpc) is 2.65. The Morgan fingerprint density at radius 2 is 2.17 bits per heavy atom. The first-order valence-corrected chi connectivity index (χ1v) is 6.41. The number of aliphatic carboxylic acids is 1. The fourth-order valence-corrected chi connectivity index (χ4v) is 2.40. The number of carbonyl (C=O) groups is 1. The predicted molar refractivity (Wildman–Crippen MR) is 70.4 cm³/mol. The predicted octanol–water partition coefficient (Wildman–Crippen LogP) is 1.35. The maximum Gasteiger partial charge on any atom is 0.309 e. The number of benzene rings is 1. The molecule has 1 saturated heterocycles. The quantitative estimate of drug-likeness (QED) is 0.848. The van der Waals surface area contributed by atoms with E-state index < -0.39 is 5.97 Å². The van der Waals surface area contributed by atoms with E-state index in [2.05, 4.69) is 29.3 Å². The highest BCUT2D eigenvalue weighted by molar-refractivity contribution is 5.70. The lowest BCUT2D eigenvalue weighted by Gasteiger charge is -2.29. The minimum Gasteiger partial charge on any atom is -0.481 e. The molecule has 1 heterocycles. The molecule has 0 radical (unpaired) electrons. The van der Waals surface area contributed by atoms with Crippen molar-refractivity contribution in [2.45, 2.75) is 13.0 Å². The molecule has 0 saturated carbocycles. The third-order valence-corrected chi connectivity index (χ3v) is 3.60. The van der Waals surface area contributed by atoms with Crippen LogP contribution in [0.3, 0.4) is 0 Å². The zero-order chi connectivity index (χ0) is 13.0. The largest absolute Gasteiger partial charge is 0.481 e. The van der Waals surface area contributed by atoms with Crippen molar-refractivity contribution < 1.29 is 9.90 Å². The molecule has 4 nitrogen and oxygen atoms in total. The summed E-state index contributed by atoms with van der Waals surface area (Å²) >= 11 is 0. The summed E-state index contributed by atoms with van der Waals surface area (Å²) in [5, 5.41) is 12.4. The van der Waals surface area contributed by atoms with Gasteiger partial charge in [-0.05, 0) is 12.5 Å². The van der Waals surface area contributed by atoms with Gasteiger partial charge in [0, 0.05) is 32.2 Å². The van der Waals surface area contributed by atoms with Gasteiger partial charge in [0.1, 0.15) is 0 Å². The third-order valence-electron chi connectivity index (χ3n) is 3.60. The summed E-state index contributed by atoms with van der Waals surface area (Å²) in [7, 11) is 0. The highest BCUT2D eigenvalue weighted by Gasteiger charge is 2.26. The molecule has 0 aliphatic carbocycles. The molecule has 0 spiro atoms. The Kier molecular flexibility index (Phi) is 4.33. The van der Waals surface area contributed by atoms with Crippen molar-refractivity contribution in [2.75, 3.05) is 26.2 Å². The Bertz CT molecular complexity index is 394. The highest BCUT2D eigenvalue weighted by Crippen LogP contribution is 2.21. The number of nitrogens with one attached hydrogen (secondary N) is 1. The molecule has 2 N–H and O–H groups in total. The Balaban J connectivity index is 2.09. The van der Waals surface area contributed by atoms with E-state index in [9.17, 15) is 4.79 Å². The van der Waals surface area contributed by atoms with Crippen molar-refractivity contribution in [1.82, 2.24) is 10.2 Å². The van der Waals surface area contributed by atoms with Crippen LogP contribution in [0.2, 0.25) is 0 Å². The summed E-state index contributed by atoms with van der Waals surface area (Å²) in [6.07, 6.45) is 0. The lowest BCUT2D eigenvalue weighted by Crippen LogP contribution is -2.35. The number of carboxylic acid groups (broad SMARTS) is 1. The van der Waals surface area contributed by atoms with Crippen LogP contribution in [0.15, 0.2) is 30.3 Å². The number of nitrogens with zero attached hydrogens (tertiary/aromatic N) is 1. The number of rotatable bonds is 3. The molecule has 1 aromatic carbocycles. The van der Waals surface area contributed by atoms with E-state index >= 15 is 0 Å². The standard InChI is InChI=1S/C14H20N2O2/c1-11(12-5-3-2-4-6-12)16-8-7-15-9-13(10-16)14(17)18/h2-6,11,13,15H,7-10H2,1H3,(H,17,18). The second-order valence-electron chi connectivity index (χ2n) is 4.82. The highest BCUT2D eigenvalue weighted by atomic mass is 16.4. The molecule has 1 fully saturated rings. The molecule has 0 amide bonds. The maximum atomic E-state index is 11.1. The van der Waals surface area contributed by atoms with Gasteiger partial charge in [-0.15, -0.1) is 0 Å². The number of hydrogen-bond donors (Lipinski definition) is 2. The molecule has 1 aliphatic heterocycles. The molecular weight excluding hydrogens is 228 g/mol. The smallest absolute Gasteiger partial charge is 0.309 e. The van der Waals surface area contributed by atoms with Crippen molar-refractivity contribution in [3.05, 3.63) is 35.9 Å². The van der Waals surface area contributed by atoms with Crippen LogP contribution in [0.25, 0.3) is 0 Å². The van der Waals surface area contributed by atoms with Crippen molar-refractivity contribution in [1.29, 1.82) is 0 Å². The van der Waals surface area contributed by atoms with Crippen LogP contribution >= 0.6 is 0 Å². The van der Waals surface area contributed by atoms with E-state index in [4.69, 9.17) is 5.11 Å². The van der Waals surface area contributed by atoms with Gasteiger partial charge < -0.3 is 10.4 Å². The lowest BCUT2D eigenvalue weighted by molar-refractivity contribution is -0.142. The molecule has 2 atom stereocenters. The van der Waals surface area contributed by atoms with Gasteiger partial charge in [0.2, 0.25) is 0 Å². The van der Waals surface area contributed by atoms with Gasteiger partial charge in [0.15, 0.2) is 0 Å². The average molecular weight is 248 g/mol. The van der Waals surface area contributed by atoms with Crippen LogP contribution in [0, 0.1) is 5.92 Å². The first-order chi connectivity index (χ1) is 8.68. The minimum atomic E-state index is -0.713. The molecule has 4 heteroatoms. The van der Waals surface area contributed by atoms with Gasteiger partial charge in [-0.2, -0.15) is 0 Å². The monoisotopic (exact) mass is 248 g/mol. The molecule has 1 aliphatic rings. The first-order valence-electron chi connectivity index (χ1n) is 6.41. The van der Waals surface area contributed by atoms with E-state index in [-0.39, 0.29) is 12.0 Å². The van der Waals surface area contributed by atoms with Crippen molar-refractivity contribution in [3.63, 3.8) is 0 Å². The summed E-state index contributed by atoms with van der Waals surface area (Å²) < 4.78 is 0. The molecule has 18 heavy (non-hydrogen) atoms. The van der Waals surface area contributed by atoms with Gasteiger partial charge in [0.05, 0.1) is 5.92 Å². The second-order valence-corrected chi connectivity index (χ2v) is 4.82. The molecule has 98 valence electrons. The van der Waals surface area contributed by atoms with E-state index in [1.165, 1.54) is 5.56 Å². The number of carboxylic acids is 1. The van der Waals surface area contributed by atoms with E-state index in [0.717, 1.165) is 13.1 Å². The zero-order valence-electron chi connectivity index (χ0n) is 10.7. The van der Waals surface area contributed by atoms with Gasteiger partial charge >= 0.3 is 5.97 Å². The van der Waals surface area contributed by atoms with Crippen molar-refractivity contribution in [3.8, 4) is 0 Å². The Labute approximate surface area is 108 Å². The molecular formula is C14H20N2O2. The number of hydrogen-bond acceptors (Lipinski definition) is 3. The van der Waals surface area contributed by atoms with Crippen LogP contribution in [-0.4, -0.2) is 42.2 Å². The normalized spacial score (nSPS) is 23.3. The molecule has 0 bridgehead atoms. The third kappa shape index (κ3) is 3.09. The minimum absolute atomic E-state index is 0.257. The summed E-state index contributed by atoms with van der Waals surface area (Å²) in [6, 6.07) is 10.5. The lowest BCUT2D eigenvalue weighted by atomic mass is 10.0. The van der Waals surface area contributed by atoms with Gasteiger partial charge in [-0.3, -0.25) is 9.69 Å². The zero-order valence-corrected chi connectivity index (χ0v) is 10.7. The van der Waals surface area contributed by atoms with Crippen LogP contribution < -0.4 is 5.32 Å². The van der Waals surface area contributed by atoms with E-state index in [0.29, 0.717) is 13.1 Å².